The quantitative estimate of drug-likeness (QED) is 0.661. The van der Waals surface area contributed by atoms with Crippen molar-refractivity contribution in [3.05, 3.63) is 0 Å². The standard InChI is InChI=1S/C10H21N3O/c1-8(9(11)14)6-13-5-4-12-7-10(13,2)3/h8,12H,4-7H2,1-3H3,(H2,11,14). The van der Waals surface area contributed by atoms with Crippen molar-refractivity contribution < 1.29 is 4.79 Å². The van der Waals surface area contributed by atoms with E-state index in [4.69, 9.17) is 5.73 Å². The largest absolute Gasteiger partial charge is 0.369 e. The zero-order chi connectivity index (χ0) is 10.8. The van der Waals surface area contributed by atoms with Crippen LogP contribution in [0.2, 0.25) is 0 Å². The van der Waals surface area contributed by atoms with Gasteiger partial charge >= 0.3 is 0 Å². The fourth-order valence-electron chi connectivity index (χ4n) is 1.78. The lowest BCUT2D eigenvalue weighted by Gasteiger charge is -2.43. The molecule has 0 aromatic rings. The molecule has 0 aliphatic carbocycles. The van der Waals surface area contributed by atoms with Gasteiger partial charge in [0.15, 0.2) is 0 Å². The summed E-state index contributed by atoms with van der Waals surface area (Å²) in [6.07, 6.45) is 0. The van der Waals surface area contributed by atoms with Crippen molar-refractivity contribution >= 4 is 5.91 Å². The average molecular weight is 199 g/mol. The molecule has 0 aromatic heterocycles. The first kappa shape index (κ1) is 11.5. The van der Waals surface area contributed by atoms with Gasteiger partial charge in [-0.15, -0.1) is 0 Å². The molecule has 4 nitrogen and oxygen atoms in total. The highest BCUT2D eigenvalue weighted by molar-refractivity contribution is 5.76. The molecule has 1 fully saturated rings. The smallest absolute Gasteiger partial charge is 0.221 e. The Kier molecular flexibility index (Phi) is 3.50. The van der Waals surface area contributed by atoms with Gasteiger partial charge in [0.1, 0.15) is 0 Å². The molecule has 1 aliphatic rings. The Bertz CT molecular complexity index is 215. The molecule has 4 heteroatoms. The van der Waals surface area contributed by atoms with Crippen molar-refractivity contribution in [3.63, 3.8) is 0 Å². The third-order valence-electron chi connectivity index (χ3n) is 2.95. The van der Waals surface area contributed by atoms with Crippen LogP contribution >= 0.6 is 0 Å². The van der Waals surface area contributed by atoms with Crippen LogP contribution in [0.25, 0.3) is 0 Å². The Labute approximate surface area is 85.8 Å². The Balaban J connectivity index is 2.53. The van der Waals surface area contributed by atoms with Crippen LogP contribution in [0, 0.1) is 5.92 Å². The summed E-state index contributed by atoms with van der Waals surface area (Å²) >= 11 is 0. The molecule has 0 radical (unpaired) electrons. The van der Waals surface area contributed by atoms with Gasteiger partial charge in [0.25, 0.3) is 0 Å². The van der Waals surface area contributed by atoms with Crippen molar-refractivity contribution in [2.24, 2.45) is 11.7 Å². The second-order valence-corrected chi connectivity index (χ2v) is 4.74. The maximum atomic E-state index is 11.0. The molecule has 0 aromatic carbocycles. The predicted molar refractivity (Wildman–Crippen MR) is 56.9 cm³/mol. The molecule has 1 unspecified atom stereocenters. The molecular weight excluding hydrogens is 178 g/mol. The number of carbonyl (C=O) groups is 1. The Morgan fingerprint density at radius 3 is 2.79 bits per heavy atom. The SMILES string of the molecule is CC(CN1CCNCC1(C)C)C(N)=O. The van der Waals surface area contributed by atoms with E-state index in [0.717, 1.165) is 26.2 Å². The Hall–Kier alpha value is -0.610. The molecule has 1 atom stereocenters. The van der Waals surface area contributed by atoms with Gasteiger partial charge in [0, 0.05) is 37.6 Å². The number of nitrogens with zero attached hydrogens (tertiary/aromatic N) is 1. The monoisotopic (exact) mass is 199 g/mol. The minimum absolute atomic E-state index is 0.0626. The van der Waals surface area contributed by atoms with Gasteiger partial charge in [-0.25, -0.2) is 0 Å². The normalized spacial score (nSPS) is 24.5. The number of hydrogen-bond donors (Lipinski definition) is 2. The lowest BCUT2D eigenvalue weighted by Crippen LogP contribution is -2.59. The first-order valence-corrected chi connectivity index (χ1v) is 5.18. The van der Waals surface area contributed by atoms with Crippen LogP contribution in [0.15, 0.2) is 0 Å². The van der Waals surface area contributed by atoms with Crippen molar-refractivity contribution in [3.8, 4) is 0 Å². The summed E-state index contributed by atoms with van der Waals surface area (Å²) in [5, 5.41) is 3.35. The number of nitrogens with one attached hydrogen (secondary N) is 1. The molecule has 1 rings (SSSR count). The van der Waals surface area contributed by atoms with Gasteiger partial charge in [-0.05, 0) is 13.8 Å². The van der Waals surface area contributed by atoms with Crippen LogP contribution in [0.5, 0.6) is 0 Å². The third-order valence-corrected chi connectivity index (χ3v) is 2.95. The maximum absolute atomic E-state index is 11.0. The topological polar surface area (TPSA) is 58.4 Å². The van der Waals surface area contributed by atoms with E-state index >= 15 is 0 Å². The molecule has 0 bridgehead atoms. The zero-order valence-corrected chi connectivity index (χ0v) is 9.34. The van der Waals surface area contributed by atoms with E-state index in [1.54, 1.807) is 0 Å². The molecule has 1 amide bonds. The van der Waals surface area contributed by atoms with Gasteiger partial charge in [0.2, 0.25) is 5.91 Å². The highest BCUT2D eigenvalue weighted by Gasteiger charge is 2.30. The van der Waals surface area contributed by atoms with Gasteiger partial charge in [-0.1, -0.05) is 6.92 Å². The van der Waals surface area contributed by atoms with Crippen molar-refractivity contribution in [1.82, 2.24) is 10.2 Å². The molecule has 1 heterocycles. The first-order valence-electron chi connectivity index (χ1n) is 5.18. The van der Waals surface area contributed by atoms with Gasteiger partial charge in [-0.3, -0.25) is 9.69 Å². The average Bonchev–Trinajstić information content (AvgIpc) is 2.08. The second-order valence-electron chi connectivity index (χ2n) is 4.74. The minimum Gasteiger partial charge on any atom is -0.369 e. The minimum atomic E-state index is -0.209. The van der Waals surface area contributed by atoms with E-state index in [-0.39, 0.29) is 17.4 Å². The number of amides is 1. The second kappa shape index (κ2) is 4.28. The molecule has 82 valence electrons. The number of hydrogen-bond acceptors (Lipinski definition) is 3. The van der Waals surface area contributed by atoms with E-state index < -0.39 is 0 Å². The summed E-state index contributed by atoms with van der Waals surface area (Å²) in [5.74, 6) is -0.272. The van der Waals surface area contributed by atoms with Crippen molar-refractivity contribution in [2.45, 2.75) is 26.3 Å². The Morgan fingerprint density at radius 1 is 1.64 bits per heavy atom. The third kappa shape index (κ3) is 2.69. The van der Waals surface area contributed by atoms with E-state index in [0.29, 0.717) is 0 Å². The number of piperazine rings is 1. The lowest BCUT2D eigenvalue weighted by molar-refractivity contribution is -0.122. The van der Waals surface area contributed by atoms with Gasteiger partial charge in [0.05, 0.1) is 0 Å². The summed E-state index contributed by atoms with van der Waals surface area (Å²) in [5.41, 5.74) is 5.39. The number of rotatable bonds is 3. The number of carbonyl (C=O) groups excluding carboxylic acids is 1. The van der Waals surface area contributed by atoms with E-state index in [2.05, 4.69) is 24.1 Å². The predicted octanol–water partition coefficient (Wildman–Crippen LogP) is -0.208. The molecule has 0 spiro atoms. The molecular formula is C10H21N3O. The maximum Gasteiger partial charge on any atom is 0.221 e. The van der Waals surface area contributed by atoms with Gasteiger partial charge in [-0.2, -0.15) is 0 Å². The lowest BCUT2D eigenvalue weighted by atomic mass is 9.98. The van der Waals surface area contributed by atoms with Crippen molar-refractivity contribution in [2.75, 3.05) is 26.2 Å². The van der Waals surface area contributed by atoms with Crippen LogP contribution in [-0.4, -0.2) is 42.5 Å². The molecule has 1 aliphatic heterocycles. The van der Waals surface area contributed by atoms with Crippen LogP contribution in [-0.2, 0) is 4.79 Å². The van der Waals surface area contributed by atoms with E-state index in [1.807, 2.05) is 6.92 Å². The molecule has 1 saturated heterocycles. The van der Waals surface area contributed by atoms with Crippen LogP contribution in [0.1, 0.15) is 20.8 Å². The highest BCUT2D eigenvalue weighted by atomic mass is 16.1. The van der Waals surface area contributed by atoms with Crippen molar-refractivity contribution in [1.29, 1.82) is 0 Å². The molecule has 14 heavy (non-hydrogen) atoms. The summed E-state index contributed by atoms with van der Waals surface area (Å²) in [6.45, 7) is 9.99. The van der Waals surface area contributed by atoms with E-state index in [1.165, 1.54) is 0 Å². The number of nitrogens with two attached hydrogens (primary N) is 1. The summed E-state index contributed by atoms with van der Waals surface area (Å²) < 4.78 is 0. The Morgan fingerprint density at radius 2 is 2.29 bits per heavy atom. The fraction of sp³-hybridized carbons (Fsp3) is 0.900. The van der Waals surface area contributed by atoms with Crippen LogP contribution < -0.4 is 11.1 Å². The molecule has 3 N–H and O–H groups in total. The zero-order valence-electron chi connectivity index (χ0n) is 9.34. The summed E-state index contributed by atoms with van der Waals surface area (Å²) in [7, 11) is 0. The van der Waals surface area contributed by atoms with E-state index in [9.17, 15) is 4.79 Å². The highest BCUT2D eigenvalue weighted by Crippen LogP contribution is 2.17. The summed E-state index contributed by atoms with van der Waals surface area (Å²) in [4.78, 5) is 13.3. The molecule has 0 saturated carbocycles. The summed E-state index contributed by atoms with van der Waals surface area (Å²) in [6, 6.07) is 0. The van der Waals surface area contributed by atoms with Crippen LogP contribution in [0.4, 0.5) is 0 Å². The number of primary amides is 1. The fourth-order valence-corrected chi connectivity index (χ4v) is 1.78. The van der Waals surface area contributed by atoms with Gasteiger partial charge < -0.3 is 11.1 Å². The van der Waals surface area contributed by atoms with Crippen LogP contribution in [0.3, 0.4) is 0 Å². The first-order chi connectivity index (χ1) is 6.43.